The molecule has 4 rings (SSSR count). The number of nitrogens with two attached hydrogens (primary N) is 1. The Morgan fingerprint density at radius 2 is 1.62 bits per heavy atom. The monoisotopic (exact) mass is 213 g/mol. The van der Waals surface area contributed by atoms with Gasteiger partial charge in [-0.2, -0.15) is 0 Å². The van der Waals surface area contributed by atoms with E-state index < -0.39 is 0 Å². The second-order valence-electron chi connectivity index (χ2n) is 6.00. The molecule has 3 fully saturated rings. The third kappa shape index (κ3) is 1.10. The molecule has 3 aliphatic carbocycles. The van der Waals surface area contributed by atoms with Crippen molar-refractivity contribution in [2.45, 2.75) is 25.3 Å². The molecule has 5 atom stereocenters. The van der Waals surface area contributed by atoms with Crippen LogP contribution in [0.1, 0.15) is 30.9 Å². The van der Waals surface area contributed by atoms with Gasteiger partial charge in [-0.1, -0.05) is 30.3 Å². The molecule has 0 saturated heterocycles. The highest BCUT2D eigenvalue weighted by Gasteiger charge is 2.66. The fourth-order valence-electron chi connectivity index (χ4n) is 4.77. The highest BCUT2D eigenvalue weighted by atomic mass is 14.8. The predicted molar refractivity (Wildman–Crippen MR) is 64.7 cm³/mol. The smallest absolute Gasteiger partial charge is 0.0329 e. The maximum atomic E-state index is 6.44. The first-order chi connectivity index (χ1) is 7.86. The van der Waals surface area contributed by atoms with Gasteiger partial charge in [0.2, 0.25) is 0 Å². The second kappa shape index (κ2) is 3.10. The van der Waals surface area contributed by atoms with Crippen molar-refractivity contribution in [3.8, 4) is 0 Å². The molecule has 0 heterocycles. The second-order valence-corrected chi connectivity index (χ2v) is 6.00. The van der Waals surface area contributed by atoms with Gasteiger partial charge in [0.1, 0.15) is 0 Å². The maximum absolute atomic E-state index is 6.44. The van der Waals surface area contributed by atoms with Gasteiger partial charge in [0, 0.05) is 6.04 Å². The van der Waals surface area contributed by atoms with E-state index in [0.717, 1.165) is 29.6 Å². The molecule has 0 aromatic heterocycles. The van der Waals surface area contributed by atoms with Crippen molar-refractivity contribution in [2.24, 2.45) is 35.3 Å². The first-order valence-electron chi connectivity index (χ1n) is 6.67. The summed E-state index contributed by atoms with van der Waals surface area (Å²) in [5.41, 5.74) is 7.79. The number of rotatable bonds is 2. The molecular formula is C15H19N. The predicted octanol–water partition coefficient (Wildman–Crippen LogP) is 2.98. The first kappa shape index (κ1) is 9.23. The Kier molecular flexibility index (Phi) is 1.79. The maximum Gasteiger partial charge on any atom is 0.0329 e. The molecular weight excluding hydrogens is 194 g/mol. The highest BCUT2D eigenvalue weighted by molar-refractivity contribution is 5.25. The van der Waals surface area contributed by atoms with E-state index in [4.69, 9.17) is 5.73 Å². The number of hydrogen-bond acceptors (Lipinski definition) is 1. The fourth-order valence-corrected chi connectivity index (χ4v) is 4.77. The van der Waals surface area contributed by atoms with Crippen LogP contribution >= 0.6 is 0 Å². The third-order valence-corrected chi connectivity index (χ3v) is 5.39. The largest absolute Gasteiger partial charge is 0.324 e. The van der Waals surface area contributed by atoms with E-state index in [0.29, 0.717) is 6.04 Å². The molecule has 1 aromatic carbocycles. The van der Waals surface area contributed by atoms with Crippen LogP contribution < -0.4 is 5.73 Å². The van der Waals surface area contributed by atoms with Gasteiger partial charge in [-0.15, -0.1) is 0 Å². The van der Waals surface area contributed by atoms with Crippen LogP contribution in [-0.4, -0.2) is 0 Å². The van der Waals surface area contributed by atoms with Crippen molar-refractivity contribution < 1.29 is 0 Å². The van der Waals surface area contributed by atoms with Crippen LogP contribution in [0.5, 0.6) is 0 Å². The SMILES string of the molecule is NC(c1ccccc1)C1C2C3CCC(C3)C21. The molecule has 3 saturated carbocycles. The summed E-state index contributed by atoms with van der Waals surface area (Å²) in [4.78, 5) is 0. The molecule has 2 N–H and O–H groups in total. The number of hydrogen-bond donors (Lipinski definition) is 1. The zero-order chi connectivity index (χ0) is 10.7. The molecule has 84 valence electrons. The summed E-state index contributed by atoms with van der Waals surface area (Å²) in [5.74, 6) is 4.88. The number of fused-ring (bicyclic) bond motifs is 5. The molecule has 0 aliphatic heterocycles. The van der Waals surface area contributed by atoms with Gasteiger partial charge in [-0.05, 0) is 54.4 Å². The van der Waals surface area contributed by atoms with Gasteiger partial charge >= 0.3 is 0 Å². The normalized spacial score (nSPS) is 45.4. The van der Waals surface area contributed by atoms with Gasteiger partial charge in [0.25, 0.3) is 0 Å². The van der Waals surface area contributed by atoms with Crippen molar-refractivity contribution in [1.29, 1.82) is 0 Å². The molecule has 0 radical (unpaired) electrons. The standard InChI is InChI=1S/C15H19N/c16-15(9-4-2-1-3-5-9)14-12-10-6-7-11(8-10)13(12)14/h1-5,10-15H,6-8,16H2. The van der Waals surface area contributed by atoms with E-state index >= 15 is 0 Å². The van der Waals surface area contributed by atoms with Crippen LogP contribution in [-0.2, 0) is 0 Å². The van der Waals surface area contributed by atoms with Gasteiger partial charge in [-0.25, -0.2) is 0 Å². The van der Waals surface area contributed by atoms with Crippen LogP contribution in [0.25, 0.3) is 0 Å². The Labute approximate surface area is 97.0 Å². The quantitative estimate of drug-likeness (QED) is 0.803. The minimum absolute atomic E-state index is 0.305. The lowest BCUT2D eigenvalue weighted by molar-refractivity contribution is 0.417. The van der Waals surface area contributed by atoms with E-state index in [1.165, 1.54) is 24.8 Å². The fraction of sp³-hybridized carbons (Fsp3) is 0.600. The van der Waals surface area contributed by atoms with Crippen molar-refractivity contribution >= 4 is 0 Å². The summed E-state index contributed by atoms with van der Waals surface area (Å²) in [7, 11) is 0. The van der Waals surface area contributed by atoms with Gasteiger partial charge in [0.05, 0.1) is 0 Å². The topological polar surface area (TPSA) is 26.0 Å². The van der Waals surface area contributed by atoms with Crippen LogP contribution in [0.15, 0.2) is 30.3 Å². The molecule has 1 nitrogen and oxygen atoms in total. The van der Waals surface area contributed by atoms with Crippen LogP contribution in [0, 0.1) is 29.6 Å². The average Bonchev–Trinajstić information content (AvgIpc) is 2.77. The van der Waals surface area contributed by atoms with E-state index in [2.05, 4.69) is 30.3 Å². The minimum atomic E-state index is 0.305. The lowest BCUT2D eigenvalue weighted by atomic mass is 9.94. The highest BCUT2D eigenvalue weighted by Crippen LogP contribution is 2.71. The lowest BCUT2D eigenvalue weighted by Crippen LogP contribution is -2.17. The van der Waals surface area contributed by atoms with Crippen molar-refractivity contribution in [2.75, 3.05) is 0 Å². The molecule has 5 unspecified atom stereocenters. The summed E-state index contributed by atoms with van der Waals surface area (Å²) in [6.45, 7) is 0. The summed E-state index contributed by atoms with van der Waals surface area (Å²) in [5, 5.41) is 0. The third-order valence-electron chi connectivity index (χ3n) is 5.39. The molecule has 2 bridgehead atoms. The molecule has 1 aromatic rings. The van der Waals surface area contributed by atoms with E-state index in [1.807, 2.05) is 0 Å². The lowest BCUT2D eigenvalue weighted by Gasteiger charge is -2.16. The van der Waals surface area contributed by atoms with E-state index in [1.54, 1.807) is 0 Å². The molecule has 3 aliphatic rings. The summed E-state index contributed by atoms with van der Waals surface area (Å²) < 4.78 is 0. The molecule has 1 heteroatoms. The van der Waals surface area contributed by atoms with Gasteiger partial charge in [-0.3, -0.25) is 0 Å². The van der Waals surface area contributed by atoms with Crippen molar-refractivity contribution in [1.82, 2.24) is 0 Å². The Morgan fingerprint density at radius 3 is 2.25 bits per heavy atom. The minimum Gasteiger partial charge on any atom is -0.324 e. The van der Waals surface area contributed by atoms with Crippen LogP contribution in [0.3, 0.4) is 0 Å². The van der Waals surface area contributed by atoms with Crippen molar-refractivity contribution in [3.63, 3.8) is 0 Å². The first-order valence-corrected chi connectivity index (χ1v) is 6.67. The Balaban J connectivity index is 1.57. The van der Waals surface area contributed by atoms with Crippen LogP contribution in [0.2, 0.25) is 0 Å². The van der Waals surface area contributed by atoms with Crippen LogP contribution in [0.4, 0.5) is 0 Å². The summed E-state index contributed by atoms with van der Waals surface area (Å²) in [6.07, 6.45) is 4.50. The Hall–Kier alpha value is -0.820. The molecule has 0 amide bonds. The average molecular weight is 213 g/mol. The van der Waals surface area contributed by atoms with Crippen molar-refractivity contribution in [3.05, 3.63) is 35.9 Å². The summed E-state index contributed by atoms with van der Waals surface area (Å²) in [6, 6.07) is 11.0. The Bertz CT molecular complexity index is 383. The van der Waals surface area contributed by atoms with E-state index in [9.17, 15) is 0 Å². The Morgan fingerprint density at radius 1 is 1.00 bits per heavy atom. The zero-order valence-electron chi connectivity index (χ0n) is 9.55. The molecule has 16 heavy (non-hydrogen) atoms. The molecule has 0 spiro atoms. The number of benzene rings is 1. The van der Waals surface area contributed by atoms with Gasteiger partial charge < -0.3 is 5.73 Å². The zero-order valence-corrected chi connectivity index (χ0v) is 9.55. The van der Waals surface area contributed by atoms with E-state index in [-0.39, 0.29) is 0 Å². The summed E-state index contributed by atoms with van der Waals surface area (Å²) >= 11 is 0. The van der Waals surface area contributed by atoms with Gasteiger partial charge in [0.15, 0.2) is 0 Å².